The summed E-state index contributed by atoms with van der Waals surface area (Å²) < 4.78 is 0.751. The van der Waals surface area contributed by atoms with Crippen molar-refractivity contribution in [3.8, 4) is 0 Å². The van der Waals surface area contributed by atoms with Gasteiger partial charge in [-0.15, -0.1) is 16.8 Å². The van der Waals surface area contributed by atoms with Gasteiger partial charge in [-0.1, -0.05) is 71.3 Å². The fraction of sp³-hybridized carbons (Fsp3) is 0.150. The van der Waals surface area contributed by atoms with Crippen molar-refractivity contribution in [3.05, 3.63) is 67.3 Å². The summed E-state index contributed by atoms with van der Waals surface area (Å²) in [4.78, 5) is 14.8. The minimum absolute atomic E-state index is 0.0677. The van der Waals surface area contributed by atoms with E-state index in [1.807, 2.05) is 49.4 Å². The second-order valence-electron chi connectivity index (χ2n) is 5.70. The number of benzene rings is 2. The Morgan fingerprint density at radius 1 is 1.18 bits per heavy atom. The maximum atomic E-state index is 12.7. The molecule has 3 rings (SSSR count). The first kappa shape index (κ1) is 20.4. The molecule has 0 aliphatic rings. The molecular formula is C20H20N4OS3. The first-order valence-corrected chi connectivity index (χ1v) is 11.1. The number of carbonyl (C=O) groups is 1. The van der Waals surface area contributed by atoms with Crippen LogP contribution in [0.2, 0.25) is 0 Å². The Morgan fingerprint density at radius 3 is 2.71 bits per heavy atom. The summed E-state index contributed by atoms with van der Waals surface area (Å²) in [6.45, 7) is 6.16. The van der Waals surface area contributed by atoms with Gasteiger partial charge in [-0.3, -0.25) is 4.79 Å². The van der Waals surface area contributed by atoms with Crippen LogP contribution in [-0.2, 0) is 4.79 Å². The second kappa shape index (κ2) is 10.3. The quantitative estimate of drug-likeness (QED) is 0.351. The zero-order valence-electron chi connectivity index (χ0n) is 15.3. The van der Waals surface area contributed by atoms with Crippen molar-refractivity contribution in [2.45, 2.75) is 26.3 Å². The number of para-hydroxylation sites is 1. The van der Waals surface area contributed by atoms with Gasteiger partial charge in [0.25, 0.3) is 0 Å². The zero-order chi connectivity index (χ0) is 19.8. The van der Waals surface area contributed by atoms with E-state index in [-0.39, 0.29) is 11.2 Å². The van der Waals surface area contributed by atoms with Gasteiger partial charge in [-0.25, -0.2) is 0 Å². The van der Waals surface area contributed by atoms with E-state index < -0.39 is 0 Å². The van der Waals surface area contributed by atoms with Gasteiger partial charge in [0.2, 0.25) is 11.0 Å². The molecule has 1 aromatic heterocycles. The van der Waals surface area contributed by atoms with Gasteiger partial charge in [0.05, 0.1) is 10.9 Å². The number of anilines is 2. The molecule has 1 unspecified atom stereocenters. The lowest BCUT2D eigenvalue weighted by molar-refractivity contribution is -0.115. The summed E-state index contributed by atoms with van der Waals surface area (Å²) in [6.07, 6.45) is 1.76. The van der Waals surface area contributed by atoms with Crippen molar-refractivity contribution in [1.82, 2.24) is 10.2 Å². The topological polar surface area (TPSA) is 66.9 Å². The third-order valence-corrected chi connectivity index (χ3v) is 6.72. The number of nitrogens with one attached hydrogen (secondary N) is 2. The number of rotatable bonds is 9. The molecule has 0 aliphatic heterocycles. The molecule has 2 aromatic carbocycles. The van der Waals surface area contributed by atoms with E-state index in [9.17, 15) is 4.79 Å². The number of amides is 1. The third-order valence-electron chi connectivity index (χ3n) is 3.57. The number of carbonyl (C=O) groups excluding carboxylic acids is 1. The number of hydrogen-bond acceptors (Lipinski definition) is 7. The Labute approximate surface area is 177 Å². The van der Waals surface area contributed by atoms with Gasteiger partial charge >= 0.3 is 0 Å². The predicted molar refractivity (Wildman–Crippen MR) is 120 cm³/mol. The molecule has 1 atom stereocenters. The standard InChI is InChI=1S/C20H20N4OS3/c1-3-13-21-19-23-24-20(28-19)26-14(2)18(25)22-16-11-7-8-12-17(16)27-15-9-5-4-6-10-15/h3-12,14H,1,13H2,2H3,(H,21,23)(H,22,25). The monoisotopic (exact) mass is 428 g/mol. The van der Waals surface area contributed by atoms with E-state index in [4.69, 9.17) is 0 Å². The molecule has 2 N–H and O–H groups in total. The predicted octanol–water partition coefficient (Wildman–Crippen LogP) is 5.41. The minimum atomic E-state index is -0.296. The summed E-state index contributed by atoms with van der Waals surface area (Å²) in [7, 11) is 0. The van der Waals surface area contributed by atoms with Gasteiger partial charge in [0.15, 0.2) is 4.34 Å². The lowest BCUT2D eigenvalue weighted by atomic mass is 10.3. The molecule has 0 aliphatic carbocycles. The molecule has 1 heterocycles. The van der Waals surface area contributed by atoms with Crippen LogP contribution in [0.5, 0.6) is 0 Å². The number of nitrogens with zero attached hydrogens (tertiary/aromatic N) is 2. The van der Waals surface area contributed by atoms with Crippen LogP contribution < -0.4 is 10.6 Å². The maximum Gasteiger partial charge on any atom is 0.237 e. The zero-order valence-corrected chi connectivity index (χ0v) is 17.7. The average Bonchev–Trinajstić information content (AvgIpc) is 3.16. The molecule has 28 heavy (non-hydrogen) atoms. The molecule has 0 saturated heterocycles. The number of aromatic nitrogens is 2. The van der Waals surface area contributed by atoms with Crippen LogP contribution in [0.3, 0.4) is 0 Å². The lowest BCUT2D eigenvalue weighted by Crippen LogP contribution is -2.22. The fourth-order valence-electron chi connectivity index (χ4n) is 2.20. The third kappa shape index (κ3) is 5.85. The molecule has 0 radical (unpaired) electrons. The highest BCUT2D eigenvalue weighted by atomic mass is 32.2. The van der Waals surface area contributed by atoms with Crippen molar-refractivity contribution >= 4 is 51.6 Å². The smallest absolute Gasteiger partial charge is 0.237 e. The highest BCUT2D eigenvalue weighted by Crippen LogP contribution is 2.34. The molecule has 3 aromatic rings. The maximum absolute atomic E-state index is 12.7. The molecule has 0 spiro atoms. The van der Waals surface area contributed by atoms with Crippen molar-refractivity contribution in [1.29, 1.82) is 0 Å². The van der Waals surface area contributed by atoms with E-state index in [2.05, 4.69) is 39.5 Å². The second-order valence-corrected chi connectivity index (χ2v) is 9.38. The van der Waals surface area contributed by atoms with Crippen molar-refractivity contribution < 1.29 is 4.79 Å². The Kier molecular flexibility index (Phi) is 7.53. The van der Waals surface area contributed by atoms with Crippen LogP contribution in [-0.4, -0.2) is 27.9 Å². The van der Waals surface area contributed by atoms with Crippen LogP contribution in [0.4, 0.5) is 10.8 Å². The molecule has 0 fully saturated rings. The van der Waals surface area contributed by atoms with Crippen molar-refractivity contribution in [2.75, 3.05) is 17.2 Å². The summed E-state index contributed by atoms with van der Waals surface area (Å²) in [5, 5.41) is 14.7. The van der Waals surface area contributed by atoms with E-state index in [1.165, 1.54) is 23.1 Å². The Hall–Kier alpha value is -2.29. The van der Waals surface area contributed by atoms with Gasteiger partial charge < -0.3 is 10.6 Å². The first-order chi connectivity index (χ1) is 13.7. The summed E-state index contributed by atoms with van der Waals surface area (Å²) in [5.41, 5.74) is 0.805. The lowest BCUT2D eigenvalue weighted by Gasteiger charge is -2.13. The van der Waals surface area contributed by atoms with Gasteiger partial charge in [-0.2, -0.15) is 0 Å². The van der Waals surface area contributed by atoms with Crippen LogP contribution in [0, 0.1) is 0 Å². The summed E-state index contributed by atoms with van der Waals surface area (Å²) in [5.74, 6) is -0.0677. The normalized spacial score (nSPS) is 11.6. The average molecular weight is 429 g/mol. The van der Waals surface area contributed by atoms with Crippen molar-refractivity contribution in [2.24, 2.45) is 0 Å². The van der Waals surface area contributed by atoms with Crippen LogP contribution >= 0.6 is 34.9 Å². The highest BCUT2D eigenvalue weighted by molar-refractivity contribution is 8.02. The number of thioether (sulfide) groups is 1. The molecular weight excluding hydrogens is 408 g/mol. The Morgan fingerprint density at radius 2 is 1.93 bits per heavy atom. The van der Waals surface area contributed by atoms with Gasteiger partial charge in [-0.05, 0) is 31.2 Å². The molecule has 1 amide bonds. The summed E-state index contributed by atoms with van der Waals surface area (Å²) in [6, 6.07) is 17.9. The van der Waals surface area contributed by atoms with Gasteiger partial charge in [0, 0.05) is 16.3 Å². The summed E-state index contributed by atoms with van der Waals surface area (Å²) >= 11 is 4.45. The van der Waals surface area contributed by atoms with E-state index >= 15 is 0 Å². The van der Waals surface area contributed by atoms with Crippen molar-refractivity contribution in [3.63, 3.8) is 0 Å². The Bertz CT molecular complexity index is 930. The van der Waals surface area contributed by atoms with Gasteiger partial charge in [0.1, 0.15) is 0 Å². The fourth-order valence-corrected chi connectivity index (χ4v) is 5.03. The van der Waals surface area contributed by atoms with E-state index in [0.29, 0.717) is 6.54 Å². The highest BCUT2D eigenvalue weighted by Gasteiger charge is 2.18. The first-order valence-electron chi connectivity index (χ1n) is 8.63. The molecule has 0 saturated carbocycles. The molecule has 8 heteroatoms. The van der Waals surface area contributed by atoms with E-state index in [0.717, 1.165) is 24.9 Å². The Balaban J connectivity index is 1.62. The minimum Gasteiger partial charge on any atom is -0.357 e. The molecule has 144 valence electrons. The number of hydrogen-bond donors (Lipinski definition) is 2. The van der Waals surface area contributed by atoms with Crippen LogP contribution in [0.1, 0.15) is 6.92 Å². The largest absolute Gasteiger partial charge is 0.357 e. The van der Waals surface area contributed by atoms with Crippen LogP contribution in [0.15, 0.2) is 81.4 Å². The van der Waals surface area contributed by atoms with Crippen LogP contribution in [0.25, 0.3) is 0 Å². The molecule has 5 nitrogen and oxygen atoms in total. The molecule has 0 bridgehead atoms. The SMILES string of the molecule is C=CCNc1nnc(SC(C)C(=O)Nc2ccccc2Sc2ccccc2)s1. The van der Waals surface area contributed by atoms with E-state index in [1.54, 1.807) is 17.8 Å².